The Morgan fingerprint density at radius 1 is 0.862 bits per heavy atom. The summed E-state index contributed by atoms with van der Waals surface area (Å²) in [6.45, 7) is 1.01. The molecular formula is C20H23N5O4. The summed E-state index contributed by atoms with van der Waals surface area (Å²) in [7, 11) is 4.82. The smallest absolute Gasteiger partial charge is 0.249 e. The number of ether oxygens (including phenoxy) is 4. The Hall–Kier alpha value is -3.75. The van der Waals surface area contributed by atoms with E-state index in [1.165, 1.54) is 0 Å². The van der Waals surface area contributed by atoms with E-state index in [1.54, 1.807) is 39.7 Å². The molecule has 0 aliphatic carbocycles. The van der Waals surface area contributed by atoms with E-state index in [4.69, 9.17) is 18.9 Å². The second-order valence-corrected chi connectivity index (χ2v) is 5.81. The van der Waals surface area contributed by atoms with Gasteiger partial charge in [0, 0.05) is 6.07 Å². The Balaban J connectivity index is 1.55. The monoisotopic (exact) mass is 397 g/mol. The topological polar surface area (TPSA) is 99.7 Å². The van der Waals surface area contributed by atoms with Crippen LogP contribution in [0.4, 0.5) is 17.5 Å². The zero-order chi connectivity index (χ0) is 20.5. The number of hydrogen-bond donors (Lipinski definition) is 2. The van der Waals surface area contributed by atoms with E-state index in [9.17, 15) is 0 Å². The van der Waals surface area contributed by atoms with Gasteiger partial charge < -0.3 is 29.6 Å². The predicted octanol–water partition coefficient (Wildman–Crippen LogP) is 3.13. The highest BCUT2D eigenvalue weighted by molar-refractivity contribution is 5.65. The second-order valence-electron chi connectivity index (χ2n) is 5.81. The quantitative estimate of drug-likeness (QED) is 0.500. The standard InChI is InChI=1S/C20H23N5O4/c1-26-14-4-6-15(7-5-14)29-11-10-21-19-13-22-25-20(24-19)23-17-12-16(27-2)8-9-18(17)28-3/h4-9,12-13H,10-11H2,1-3H3,(H2,21,23,24,25). The molecule has 0 amide bonds. The van der Waals surface area contributed by atoms with Gasteiger partial charge in [0.1, 0.15) is 29.6 Å². The molecule has 3 rings (SSSR count). The Morgan fingerprint density at radius 3 is 2.31 bits per heavy atom. The number of nitrogens with one attached hydrogen (secondary N) is 2. The molecule has 0 atom stereocenters. The van der Waals surface area contributed by atoms with Crippen molar-refractivity contribution in [3.05, 3.63) is 48.7 Å². The van der Waals surface area contributed by atoms with Crippen LogP contribution in [0.5, 0.6) is 23.0 Å². The number of benzene rings is 2. The molecule has 9 nitrogen and oxygen atoms in total. The van der Waals surface area contributed by atoms with Crippen molar-refractivity contribution in [1.82, 2.24) is 15.2 Å². The van der Waals surface area contributed by atoms with Crippen LogP contribution in [0.1, 0.15) is 0 Å². The van der Waals surface area contributed by atoms with E-state index in [0.717, 1.165) is 11.5 Å². The van der Waals surface area contributed by atoms with E-state index in [2.05, 4.69) is 25.8 Å². The lowest BCUT2D eigenvalue weighted by atomic mass is 10.2. The molecule has 0 fully saturated rings. The lowest BCUT2D eigenvalue weighted by Gasteiger charge is -2.12. The average molecular weight is 397 g/mol. The molecule has 2 aromatic carbocycles. The van der Waals surface area contributed by atoms with Crippen molar-refractivity contribution >= 4 is 17.5 Å². The van der Waals surface area contributed by atoms with Gasteiger partial charge in [0.05, 0.1) is 39.8 Å². The highest BCUT2D eigenvalue weighted by Gasteiger charge is 2.08. The van der Waals surface area contributed by atoms with Crippen molar-refractivity contribution in [2.24, 2.45) is 0 Å². The zero-order valence-electron chi connectivity index (χ0n) is 16.5. The molecular weight excluding hydrogens is 374 g/mol. The van der Waals surface area contributed by atoms with Gasteiger partial charge in [-0.05, 0) is 36.4 Å². The summed E-state index contributed by atoms with van der Waals surface area (Å²) < 4.78 is 21.4. The van der Waals surface area contributed by atoms with Crippen molar-refractivity contribution in [2.75, 3.05) is 45.1 Å². The van der Waals surface area contributed by atoms with Crippen molar-refractivity contribution < 1.29 is 18.9 Å². The minimum Gasteiger partial charge on any atom is -0.497 e. The van der Waals surface area contributed by atoms with Crippen LogP contribution in [0.15, 0.2) is 48.7 Å². The molecule has 0 saturated carbocycles. The largest absolute Gasteiger partial charge is 0.497 e. The van der Waals surface area contributed by atoms with Gasteiger partial charge in [-0.3, -0.25) is 0 Å². The van der Waals surface area contributed by atoms with Gasteiger partial charge in [-0.25, -0.2) is 0 Å². The van der Waals surface area contributed by atoms with E-state index >= 15 is 0 Å². The fourth-order valence-electron chi connectivity index (χ4n) is 2.49. The molecule has 152 valence electrons. The van der Waals surface area contributed by atoms with Crippen molar-refractivity contribution in [2.45, 2.75) is 0 Å². The van der Waals surface area contributed by atoms with E-state index in [0.29, 0.717) is 42.1 Å². The van der Waals surface area contributed by atoms with Crippen LogP contribution < -0.4 is 29.6 Å². The maximum absolute atomic E-state index is 5.68. The Kier molecular flexibility index (Phi) is 6.88. The maximum atomic E-state index is 5.68. The van der Waals surface area contributed by atoms with Gasteiger partial charge in [0.2, 0.25) is 5.95 Å². The number of anilines is 3. The first-order valence-electron chi connectivity index (χ1n) is 8.91. The molecule has 0 unspecified atom stereocenters. The van der Waals surface area contributed by atoms with Crippen LogP contribution in [0.3, 0.4) is 0 Å². The highest BCUT2D eigenvalue weighted by Crippen LogP contribution is 2.30. The Bertz CT molecular complexity index is 921. The summed E-state index contributed by atoms with van der Waals surface area (Å²) >= 11 is 0. The van der Waals surface area contributed by atoms with Crippen LogP contribution >= 0.6 is 0 Å². The number of nitrogens with zero attached hydrogens (tertiary/aromatic N) is 3. The maximum Gasteiger partial charge on any atom is 0.249 e. The molecule has 0 saturated heterocycles. The summed E-state index contributed by atoms with van der Waals surface area (Å²) in [6, 6.07) is 12.8. The Labute approximate surface area is 169 Å². The van der Waals surface area contributed by atoms with Crippen LogP contribution in [0, 0.1) is 0 Å². The molecule has 0 radical (unpaired) electrons. The summed E-state index contributed by atoms with van der Waals surface area (Å²) in [5, 5.41) is 14.2. The summed E-state index contributed by atoms with van der Waals surface area (Å²) in [4.78, 5) is 4.40. The first-order valence-corrected chi connectivity index (χ1v) is 8.91. The number of hydrogen-bond acceptors (Lipinski definition) is 9. The first-order chi connectivity index (χ1) is 14.2. The number of rotatable bonds is 10. The van der Waals surface area contributed by atoms with Crippen molar-refractivity contribution in [3.8, 4) is 23.0 Å². The summed E-state index contributed by atoms with van der Waals surface area (Å²) in [6.07, 6.45) is 1.54. The van der Waals surface area contributed by atoms with Crippen LogP contribution in [0.2, 0.25) is 0 Å². The molecule has 1 aromatic heterocycles. The SMILES string of the molecule is COc1ccc(OCCNc2cnnc(Nc3cc(OC)ccc3OC)n2)cc1. The number of methoxy groups -OCH3 is 3. The highest BCUT2D eigenvalue weighted by atomic mass is 16.5. The molecule has 0 aliphatic heterocycles. The van der Waals surface area contributed by atoms with E-state index < -0.39 is 0 Å². The van der Waals surface area contributed by atoms with Crippen LogP contribution in [-0.2, 0) is 0 Å². The minimum absolute atomic E-state index is 0.331. The van der Waals surface area contributed by atoms with Crippen LogP contribution in [0.25, 0.3) is 0 Å². The third kappa shape index (κ3) is 5.61. The molecule has 1 heterocycles. The van der Waals surface area contributed by atoms with Gasteiger partial charge in [-0.2, -0.15) is 10.1 Å². The molecule has 3 aromatic rings. The molecule has 9 heteroatoms. The number of aromatic nitrogens is 3. The van der Waals surface area contributed by atoms with Crippen molar-refractivity contribution in [3.63, 3.8) is 0 Å². The summed E-state index contributed by atoms with van der Waals surface area (Å²) in [5.74, 6) is 3.78. The molecule has 0 spiro atoms. The molecule has 2 N–H and O–H groups in total. The van der Waals surface area contributed by atoms with E-state index in [1.807, 2.05) is 30.3 Å². The van der Waals surface area contributed by atoms with Gasteiger partial charge in [0.15, 0.2) is 5.82 Å². The van der Waals surface area contributed by atoms with Gasteiger partial charge in [0.25, 0.3) is 0 Å². The lowest BCUT2D eigenvalue weighted by molar-refractivity contribution is 0.331. The molecule has 29 heavy (non-hydrogen) atoms. The fraction of sp³-hybridized carbons (Fsp3) is 0.250. The molecule has 0 bridgehead atoms. The predicted molar refractivity (Wildman–Crippen MR) is 110 cm³/mol. The van der Waals surface area contributed by atoms with Crippen molar-refractivity contribution in [1.29, 1.82) is 0 Å². The third-order valence-corrected chi connectivity index (χ3v) is 3.95. The first kappa shape index (κ1) is 20.0. The normalized spacial score (nSPS) is 10.2. The zero-order valence-corrected chi connectivity index (χ0v) is 16.5. The summed E-state index contributed by atoms with van der Waals surface area (Å²) in [5.41, 5.74) is 0.675. The third-order valence-electron chi connectivity index (χ3n) is 3.95. The van der Waals surface area contributed by atoms with Gasteiger partial charge >= 0.3 is 0 Å². The lowest BCUT2D eigenvalue weighted by Crippen LogP contribution is -2.13. The second kappa shape index (κ2) is 9.98. The Morgan fingerprint density at radius 2 is 1.59 bits per heavy atom. The minimum atomic E-state index is 0.331. The van der Waals surface area contributed by atoms with Crippen LogP contribution in [-0.4, -0.2) is 49.7 Å². The van der Waals surface area contributed by atoms with Gasteiger partial charge in [-0.1, -0.05) is 0 Å². The fourth-order valence-corrected chi connectivity index (χ4v) is 2.49. The molecule has 0 aliphatic rings. The average Bonchev–Trinajstić information content (AvgIpc) is 2.77. The van der Waals surface area contributed by atoms with Gasteiger partial charge in [-0.15, -0.1) is 5.10 Å². The van der Waals surface area contributed by atoms with E-state index in [-0.39, 0.29) is 0 Å².